The van der Waals surface area contributed by atoms with Gasteiger partial charge in [-0.15, -0.1) is 23.7 Å². The predicted molar refractivity (Wildman–Crippen MR) is 92.8 cm³/mol. The van der Waals surface area contributed by atoms with Crippen molar-refractivity contribution in [2.45, 2.75) is 26.8 Å². The Labute approximate surface area is 139 Å². The van der Waals surface area contributed by atoms with Crippen molar-refractivity contribution < 1.29 is 4.79 Å². The van der Waals surface area contributed by atoms with Crippen LogP contribution in [0.15, 0.2) is 24.3 Å². The summed E-state index contributed by atoms with van der Waals surface area (Å²) in [6.45, 7) is 6.09. The highest BCUT2D eigenvalue weighted by Crippen LogP contribution is 2.27. The summed E-state index contributed by atoms with van der Waals surface area (Å²) >= 11 is 7.78. The maximum absolute atomic E-state index is 12.2. The molecule has 0 aliphatic carbocycles. The first-order chi connectivity index (χ1) is 9.38. The molecule has 0 aliphatic heterocycles. The molecule has 114 valence electrons. The summed E-state index contributed by atoms with van der Waals surface area (Å²) in [5.74, 6) is -0.189. The first-order valence-corrected chi connectivity index (χ1v) is 7.50. The van der Waals surface area contributed by atoms with Crippen LogP contribution in [0.3, 0.4) is 0 Å². The molecule has 6 heteroatoms. The van der Waals surface area contributed by atoms with Crippen molar-refractivity contribution in [3.05, 3.63) is 50.2 Å². The van der Waals surface area contributed by atoms with Gasteiger partial charge >= 0.3 is 0 Å². The molecule has 1 unspecified atom stereocenters. The van der Waals surface area contributed by atoms with E-state index in [-0.39, 0.29) is 24.4 Å². The molecule has 3 nitrogen and oxygen atoms in total. The molecule has 2 aromatic rings. The number of aryl methyl sites for hydroxylation is 2. The third-order valence-corrected chi connectivity index (χ3v) is 4.43. The van der Waals surface area contributed by atoms with Crippen LogP contribution in [0.2, 0.25) is 5.02 Å². The minimum atomic E-state index is -0.189. The molecule has 1 atom stereocenters. The molecule has 1 heterocycles. The van der Waals surface area contributed by atoms with Gasteiger partial charge in [-0.2, -0.15) is 0 Å². The van der Waals surface area contributed by atoms with Gasteiger partial charge in [-0.05, 0) is 50.6 Å². The number of thiophene rings is 1. The van der Waals surface area contributed by atoms with E-state index in [4.69, 9.17) is 17.3 Å². The Bertz CT molecular complexity index is 655. The number of anilines is 1. The van der Waals surface area contributed by atoms with Crippen LogP contribution in [0, 0.1) is 13.8 Å². The summed E-state index contributed by atoms with van der Waals surface area (Å²) in [7, 11) is 0. The molecule has 3 N–H and O–H groups in total. The summed E-state index contributed by atoms with van der Waals surface area (Å²) in [5, 5.41) is 3.34. The van der Waals surface area contributed by atoms with Crippen LogP contribution in [-0.4, -0.2) is 5.91 Å². The second kappa shape index (κ2) is 7.16. The number of nitrogen functional groups attached to an aromatic ring is 1. The summed E-state index contributed by atoms with van der Waals surface area (Å²) in [6.07, 6.45) is 0. The zero-order valence-electron chi connectivity index (χ0n) is 12.1. The van der Waals surface area contributed by atoms with E-state index in [1.165, 1.54) is 9.75 Å². The Hall–Kier alpha value is -1.23. The lowest BCUT2D eigenvalue weighted by atomic mass is 10.1. The maximum Gasteiger partial charge on any atom is 0.253 e. The fourth-order valence-corrected chi connectivity index (χ4v) is 3.45. The number of nitrogens with two attached hydrogens (primary N) is 1. The van der Waals surface area contributed by atoms with Crippen molar-refractivity contribution in [3.8, 4) is 0 Å². The van der Waals surface area contributed by atoms with Gasteiger partial charge in [0, 0.05) is 15.4 Å². The first kappa shape index (κ1) is 17.8. The van der Waals surface area contributed by atoms with E-state index < -0.39 is 0 Å². The molecule has 0 spiro atoms. The van der Waals surface area contributed by atoms with E-state index in [9.17, 15) is 4.79 Å². The van der Waals surface area contributed by atoms with Crippen molar-refractivity contribution in [1.29, 1.82) is 0 Å². The van der Waals surface area contributed by atoms with Gasteiger partial charge in [0.1, 0.15) is 0 Å². The fourth-order valence-electron chi connectivity index (χ4n) is 2.15. The van der Waals surface area contributed by atoms with Crippen molar-refractivity contribution >= 4 is 46.9 Å². The Morgan fingerprint density at radius 2 is 2.00 bits per heavy atom. The zero-order valence-corrected chi connectivity index (χ0v) is 14.5. The topological polar surface area (TPSA) is 55.1 Å². The highest BCUT2D eigenvalue weighted by atomic mass is 35.5. The summed E-state index contributed by atoms with van der Waals surface area (Å²) in [5.41, 5.74) is 7.76. The third-order valence-electron chi connectivity index (χ3n) is 3.13. The maximum atomic E-state index is 12.2. The molecular weight excluding hydrogens is 327 g/mol. The number of rotatable bonds is 3. The molecule has 0 fully saturated rings. The van der Waals surface area contributed by atoms with E-state index in [1.54, 1.807) is 29.5 Å². The zero-order chi connectivity index (χ0) is 14.9. The number of carbonyl (C=O) groups is 1. The Morgan fingerprint density at radius 1 is 1.33 bits per heavy atom. The number of benzene rings is 1. The number of halogens is 2. The van der Waals surface area contributed by atoms with Crippen LogP contribution in [0.25, 0.3) is 0 Å². The Morgan fingerprint density at radius 3 is 2.52 bits per heavy atom. The normalized spacial score (nSPS) is 11.6. The summed E-state index contributed by atoms with van der Waals surface area (Å²) in [6, 6.07) is 6.95. The van der Waals surface area contributed by atoms with E-state index in [0.717, 1.165) is 5.56 Å². The number of carbonyl (C=O) groups excluding carboxylic acids is 1. The minimum absolute atomic E-state index is 0. The SMILES string of the molecule is Cc1cc(C(C)NC(=O)c2ccc(N)cc2Cl)c(C)s1.Cl. The van der Waals surface area contributed by atoms with Crippen LogP contribution < -0.4 is 11.1 Å². The monoisotopic (exact) mass is 344 g/mol. The third kappa shape index (κ3) is 4.13. The predicted octanol–water partition coefficient (Wildman–Crippen LogP) is 4.51. The molecule has 0 aliphatic rings. The number of hydrogen-bond acceptors (Lipinski definition) is 3. The molecule has 0 saturated heterocycles. The lowest BCUT2D eigenvalue weighted by molar-refractivity contribution is 0.0940. The van der Waals surface area contributed by atoms with Crippen molar-refractivity contribution in [3.63, 3.8) is 0 Å². The molecule has 0 saturated carbocycles. The van der Waals surface area contributed by atoms with Crippen molar-refractivity contribution in [1.82, 2.24) is 5.32 Å². The first-order valence-electron chi connectivity index (χ1n) is 6.31. The lowest BCUT2D eigenvalue weighted by Crippen LogP contribution is -2.27. The van der Waals surface area contributed by atoms with Crippen molar-refractivity contribution in [2.24, 2.45) is 0 Å². The van der Waals surface area contributed by atoms with Gasteiger partial charge in [0.2, 0.25) is 0 Å². The van der Waals surface area contributed by atoms with E-state index in [1.807, 2.05) is 6.92 Å². The average molecular weight is 345 g/mol. The van der Waals surface area contributed by atoms with Gasteiger partial charge in [0.15, 0.2) is 0 Å². The highest BCUT2D eigenvalue weighted by Gasteiger charge is 2.16. The van der Waals surface area contributed by atoms with Crippen LogP contribution in [-0.2, 0) is 0 Å². The molecular formula is C15H18Cl2N2OS. The Kier molecular flexibility index (Phi) is 6.08. The summed E-state index contributed by atoms with van der Waals surface area (Å²) in [4.78, 5) is 14.7. The van der Waals surface area contributed by atoms with Gasteiger partial charge in [0.05, 0.1) is 16.6 Å². The highest BCUT2D eigenvalue weighted by molar-refractivity contribution is 7.12. The van der Waals surface area contributed by atoms with Gasteiger partial charge in [-0.25, -0.2) is 0 Å². The number of hydrogen-bond donors (Lipinski definition) is 2. The standard InChI is InChI=1S/C15H17ClN2OS.ClH/c1-8-6-13(10(3)20-8)9(2)18-15(19)12-5-4-11(17)7-14(12)16;/h4-7,9H,17H2,1-3H3,(H,18,19);1H. The van der Waals surface area contributed by atoms with Crippen LogP contribution in [0.1, 0.15) is 38.6 Å². The second-order valence-electron chi connectivity index (χ2n) is 4.80. The molecule has 0 bridgehead atoms. The minimum Gasteiger partial charge on any atom is -0.399 e. The molecule has 21 heavy (non-hydrogen) atoms. The largest absolute Gasteiger partial charge is 0.399 e. The number of amides is 1. The fraction of sp³-hybridized carbons (Fsp3) is 0.267. The van der Waals surface area contributed by atoms with Gasteiger partial charge in [-0.3, -0.25) is 4.79 Å². The lowest BCUT2D eigenvalue weighted by Gasteiger charge is -2.14. The van der Waals surface area contributed by atoms with Crippen molar-refractivity contribution in [2.75, 3.05) is 5.73 Å². The van der Waals surface area contributed by atoms with Crippen LogP contribution >= 0.6 is 35.3 Å². The second-order valence-corrected chi connectivity index (χ2v) is 6.67. The average Bonchev–Trinajstić information content (AvgIpc) is 2.68. The van der Waals surface area contributed by atoms with Gasteiger partial charge < -0.3 is 11.1 Å². The smallest absolute Gasteiger partial charge is 0.253 e. The molecule has 2 rings (SSSR count). The molecule has 1 aromatic heterocycles. The Balaban J connectivity index is 0.00000220. The molecule has 0 radical (unpaired) electrons. The van der Waals surface area contributed by atoms with E-state index in [2.05, 4.69) is 25.2 Å². The summed E-state index contributed by atoms with van der Waals surface area (Å²) < 4.78 is 0. The molecule has 1 amide bonds. The van der Waals surface area contributed by atoms with E-state index >= 15 is 0 Å². The van der Waals surface area contributed by atoms with Crippen LogP contribution in [0.5, 0.6) is 0 Å². The van der Waals surface area contributed by atoms with Crippen LogP contribution in [0.4, 0.5) is 5.69 Å². The number of nitrogens with one attached hydrogen (secondary N) is 1. The van der Waals surface area contributed by atoms with E-state index in [0.29, 0.717) is 16.3 Å². The van der Waals surface area contributed by atoms with Gasteiger partial charge in [-0.1, -0.05) is 11.6 Å². The van der Waals surface area contributed by atoms with Gasteiger partial charge in [0.25, 0.3) is 5.91 Å². The quantitative estimate of drug-likeness (QED) is 0.804. The molecule has 1 aromatic carbocycles.